The van der Waals surface area contributed by atoms with Crippen molar-refractivity contribution >= 4 is 6.21 Å². The molecule has 0 saturated heterocycles. The van der Waals surface area contributed by atoms with Crippen molar-refractivity contribution in [2.24, 2.45) is 4.99 Å². The smallest absolute Gasteiger partial charge is 0.133 e. The Morgan fingerprint density at radius 3 is 2.80 bits per heavy atom. The third-order valence-corrected chi connectivity index (χ3v) is 3.03. The van der Waals surface area contributed by atoms with E-state index in [0.29, 0.717) is 12.2 Å². The summed E-state index contributed by atoms with van der Waals surface area (Å²) in [6.45, 7) is 6.05. The molecule has 0 radical (unpaired) electrons. The zero-order valence-corrected chi connectivity index (χ0v) is 15.5. The molecule has 1 N–H and O–H groups in total. The zero-order valence-electron chi connectivity index (χ0n) is 15.5. The molecular formula is C21H28N2O2. The van der Waals surface area contributed by atoms with Crippen molar-refractivity contribution in [1.82, 2.24) is 5.32 Å². The van der Waals surface area contributed by atoms with E-state index in [-0.39, 0.29) is 0 Å². The molecule has 134 valence electrons. The monoisotopic (exact) mass is 340 g/mol. The number of nitrogens with zero attached hydrogens (tertiary/aromatic N) is 1. The van der Waals surface area contributed by atoms with Crippen LogP contribution in [0.1, 0.15) is 33.6 Å². The molecule has 1 aliphatic rings. The first kappa shape index (κ1) is 20.3. The highest BCUT2D eigenvalue weighted by atomic mass is 16.5. The van der Waals surface area contributed by atoms with Gasteiger partial charge in [0.15, 0.2) is 0 Å². The van der Waals surface area contributed by atoms with Crippen molar-refractivity contribution in [1.29, 1.82) is 0 Å². The normalized spacial score (nSPS) is 16.3. The molecule has 0 aromatic heterocycles. The molecule has 0 aromatic rings. The van der Waals surface area contributed by atoms with E-state index in [1.807, 2.05) is 62.6 Å². The van der Waals surface area contributed by atoms with Crippen LogP contribution in [0.25, 0.3) is 0 Å². The summed E-state index contributed by atoms with van der Waals surface area (Å²) < 4.78 is 11.0. The molecule has 0 unspecified atom stereocenters. The molecule has 0 bridgehead atoms. The first-order valence-electron chi connectivity index (χ1n) is 8.47. The highest BCUT2D eigenvalue weighted by Crippen LogP contribution is 2.15. The van der Waals surface area contributed by atoms with E-state index in [9.17, 15) is 0 Å². The molecule has 0 amide bonds. The average molecular weight is 340 g/mol. The van der Waals surface area contributed by atoms with Gasteiger partial charge in [-0.2, -0.15) is 0 Å². The van der Waals surface area contributed by atoms with Gasteiger partial charge in [-0.25, -0.2) is 4.99 Å². The van der Waals surface area contributed by atoms with Gasteiger partial charge in [-0.15, -0.1) is 0 Å². The minimum absolute atomic E-state index is 0.682. The van der Waals surface area contributed by atoms with Gasteiger partial charge in [-0.05, 0) is 38.5 Å². The highest BCUT2D eigenvalue weighted by Gasteiger charge is 2.05. The third-order valence-electron chi connectivity index (χ3n) is 3.03. The molecule has 25 heavy (non-hydrogen) atoms. The molecule has 0 spiro atoms. The van der Waals surface area contributed by atoms with Gasteiger partial charge in [0.25, 0.3) is 0 Å². The molecule has 0 aromatic carbocycles. The number of rotatable bonds is 9. The van der Waals surface area contributed by atoms with E-state index in [4.69, 9.17) is 9.47 Å². The maximum atomic E-state index is 5.98. The van der Waals surface area contributed by atoms with Crippen molar-refractivity contribution in [2.75, 3.05) is 7.11 Å². The summed E-state index contributed by atoms with van der Waals surface area (Å²) in [5.74, 6) is 2.15. The van der Waals surface area contributed by atoms with Crippen LogP contribution in [0.2, 0.25) is 0 Å². The highest BCUT2D eigenvalue weighted by molar-refractivity contribution is 5.62. The van der Waals surface area contributed by atoms with Gasteiger partial charge in [0.1, 0.15) is 17.3 Å². The number of nitrogens with one attached hydrogen (secondary N) is 1. The third kappa shape index (κ3) is 8.61. The summed E-state index contributed by atoms with van der Waals surface area (Å²) >= 11 is 0. The number of hydrogen-bond donors (Lipinski definition) is 1. The summed E-state index contributed by atoms with van der Waals surface area (Å²) in [5, 5.41) is 3.33. The van der Waals surface area contributed by atoms with Crippen molar-refractivity contribution in [3.8, 4) is 0 Å². The van der Waals surface area contributed by atoms with Gasteiger partial charge in [0.2, 0.25) is 0 Å². The van der Waals surface area contributed by atoms with Crippen LogP contribution >= 0.6 is 0 Å². The summed E-state index contributed by atoms with van der Waals surface area (Å²) in [6.07, 6.45) is 22.6. The van der Waals surface area contributed by atoms with Crippen LogP contribution in [0.5, 0.6) is 0 Å². The lowest BCUT2D eigenvalue weighted by atomic mass is 10.3. The van der Waals surface area contributed by atoms with E-state index in [0.717, 1.165) is 23.7 Å². The Morgan fingerprint density at radius 2 is 2.12 bits per heavy atom. The topological polar surface area (TPSA) is 42.9 Å². The molecule has 0 saturated carbocycles. The quantitative estimate of drug-likeness (QED) is 0.458. The Labute approximate surface area is 151 Å². The van der Waals surface area contributed by atoms with Crippen LogP contribution in [0, 0.1) is 0 Å². The molecule has 1 heterocycles. The predicted molar refractivity (Wildman–Crippen MR) is 106 cm³/mol. The van der Waals surface area contributed by atoms with Crippen LogP contribution in [0.4, 0.5) is 0 Å². The standard InChI is InChI=1S/C21H28N2O2/c1-5-8-12-19(14-16-24-4)25-20-13-9-15-22-21(17-20)23-18(10-6-2)11-7-3/h5-6,8,10-17,23H,7,9H2,1-4H3/b8-5-,10-6-,16-14+,18-11+,19-12+. The lowest BCUT2D eigenvalue weighted by molar-refractivity contribution is 0.316. The van der Waals surface area contributed by atoms with Crippen molar-refractivity contribution < 1.29 is 9.47 Å². The molecule has 0 atom stereocenters. The Balaban J connectivity index is 2.97. The summed E-state index contributed by atoms with van der Waals surface area (Å²) in [5.41, 5.74) is 1.01. The van der Waals surface area contributed by atoms with Crippen LogP contribution < -0.4 is 5.32 Å². The second-order valence-electron chi connectivity index (χ2n) is 5.11. The van der Waals surface area contributed by atoms with Crippen LogP contribution in [-0.4, -0.2) is 13.3 Å². The van der Waals surface area contributed by atoms with Gasteiger partial charge in [-0.1, -0.05) is 31.2 Å². The fraction of sp³-hybridized carbons (Fsp3) is 0.286. The number of hydrogen-bond acceptors (Lipinski definition) is 4. The molecule has 1 rings (SSSR count). The minimum Gasteiger partial charge on any atom is -0.504 e. The SMILES string of the molecule is C\C=C/C=C(\C=C\OC)OC1=CCC=NC(NC(/C=C\C)=C/CC)=C1. The predicted octanol–water partition coefficient (Wildman–Crippen LogP) is 5.28. The molecule has 0 aliphatic carbocycles. The van der Waals surface area contributed by atoms with Gasteiger partial charge >= 0.3 is 0 Å². The number of methoxy groups -OCH3 is 1. The van der Waals surface area contributed by atoms with Crippen molar-refractivity contribution in [2.45, 2.75) is 33.6 Å². The number of ether oxygens (including phenoxy) is 2. The average Bonchev–Trinajstić information content (AvgIpc) is 2.82. The molecule has 4 nitrogen and oxygen atoms in total. The largest absolute Gasteiger partial charge is 0.504 e. The van der Waals surface area contributed by atoms with E-state index >= 15 is 0 Å². The minimum atomic E-state index is 0.682. The van der Waals surface area contributed by atoms with E-state index in [2.05, 4.69) is 23.3 Å². The maximum absolute atomic E-state index is 5.98. The summed E-state index contributed by atoms with van der Waals surface area (Å²) in [7, 11) is 1.60. The van der Waals surface area contributed by atoms with Gasteiger partial charge < -0.3 is 14.8 Å². The Hall–Kier alpha value is -2.75. The first-order chi connectivity index (χ1) is 12.2. The molecule has 1 aliphatic heterocycles. The van der Waals surface area contributed by atoms with Gasteiger partial charge in [-0.3, -0.25) is 0 Å². The van der Waals surface area contributed by atoms with E-state index < -0.39 is 0 Å². The van der Waals surface area contributed by atoms with Crippen LogP contribution in [-0.2, 0) is 9.47 Å². The molecule has 4 heteroatoms. The van der Waals surface area contributed by atoms with Crippen LogP contribution in [0.3, 0.4) is 0 Å². The zero-order chi connectivity index (χ0) is 18.3. The summed E-state index contributed by atoms with van der Waals surface area (Å²) in [6, 6.07) is 0. The Kier molecular flexibility index (Phi) is 10.3. The second-order valence-corrected chi connectivity index (χ2v) is 5.11. The maximum Gasteiger partial charge on any atom is 0.133 e. The number of aliphatic imine (C=N–C) groups is 1. The van der Waals surface area contributed by atoms with Crippen molar-refractivity contribution in [3.63, 3.8) is 0 Å². The Morgan fingerprint density at radius 1 is 1.28 bits per heavy atom. The fourth-order valence-electron chi connectivity index (χ4n) is 1.98. The second kappa shape index (κ2) is 12.6. The van der Waals surface area contributed by atoms with Gasteiger partial charge in [0.05, 0.1) is 13.4 Å². The summed E-state index contributed by atoms with van der Waals surface area (Å²) in [4.78, 5) is 4.45. The molecular weight excluding hydrogens is 312 g/mol. The first-order valence-corrected chi connectivity index (χ1v) is 8.47. The van der Waals surface area contributed by atoms with E-state index in [1.54, 1.807) is 19.4 Å². The van der Waals surface area contributed by atoms with E-state index in [1.165, 1.54) is 0 Å². The number of allylic oxidation sites excluding steroid dienone is 9. The molecule has 0 fully saturated rings. The lowest BCUT2D eigenvalue weighted by Gasteiger charge is -2.10. The van der Waals surface area contributed by atoms with Gasteiger partial charge in [0, 0.05) is 30.5 Å². The Bertz CT molecular complexity index is 645. The van der Waals surface area contributed by atoms with Crippen molar-refractivity contribution in [3.05, 3.63) is 84.0 Å². The lowest BCUT2D eigenvalue weighted by Crippen LogP contribution is -2.10. The van der Waals surface area contributed by atoms with Crippen LogP contribution in [0.15, 0.2) is 89.0 Å². The fourth-order valence-corrected chi connectivity index (χ4v) is 1.98.